The van der Waals surface area contributed by atoms with Gasteiger partial charge in [0.05, 0.1) is 21.4 Å². The number of aryl methyl sites for hydroxylation is 1. The van der Waals surface area contributed by atoms with Crippen LogP contribution in [0.4, 0.5) is 4.39 Å². The summed E-state index contributed by atoms with van der Waals surface area (Å²) in [6.45, 7) is 0.879. The number of benzene rings is 1. The fourth-order valence-electron chi connectivity index (χ4n) is 2.24. The summed E-state index contributed by atoms with van der Waals surface area (Å²) < 4.78 is 16.1. The van der Waals surface area contributed by atoms with Crippen molar-refractivity contribution in [3.63, 3.8) is 0 Å². The average molecular weight is 332 g/mol. The number of aromatic nitrogens is 2. The summed E-state index contributed by atoms with van der Waals surface area (Å²) in [5.41, 5.74) is 1.64. The molecule has 0 spiro atoms. The zero-order valence-electron chi connectivity index (χ0n) is 9.80. The summed E-state index contributed by atoms with van der Waals surface area (Å²) in [5.74, 6) is 1.77. The second-order valence-corrected chi connectivity index (χ2v) is 5.92. The third kappa shape index (κ3) is 2.28. The highest BCUT2D eigenvalue weighted by atomic mass is 79.9. The molecule has 0 radical (unpaired) electrons. The van der Waals surface area contributed by atoms with Crippen LogP contribution in [-0.4, -0.2) is 9.55 Å². The largest absolute Gasteiger partial charge is 0.327 e. The minimum atomic E-state index is -0.254. The van der Waals surface area contributed by atoms with E-state index in [1.807, 2.05) is 0 Å². The molecule has 0 atom stereocenters. The smallest absolute Gasteiger partial charge is 0.139 e. The lowest BCUT2D eigenvalue weighted by Crippen LogP contribution is -2.03. The third-order valence-electron chi connectivity index (χ3n) is 3.45. The van der Waals surface area contributed by atoms with E-state index in [1.54, 1.807) is 6.07 Å². The van der Waals surface area contributed by atoms with Gasteiger partial charge in [-0.2, -0.15) is 0 Å². The number of nitrogens with zero attached hydrogens (tertiary/aromatic N) is 2. The van der Waals surface area contributed by atoms with Crippen molar-refractivity contribution in [2.45, 2.75) is 31.7 Å². The standard InChI is InChI=1S/C13H13BrClFN2/c14-9-5-11-12(6-10(9)16)18(13(7-15)17-11)4-3-8-1-2-8/h5-6,8H,1-4,7H2. The minimum absolute atomic E-state index is 0.254. The van der Waals surface area contributed by atoms with Crippen LogP contribution in [0.25, 0.3) is 11.0 Å². The lowest BCUT2D eigenvalue weighted by molar-refractivity contribution is 0.590. The molecule has 0 aliphatic heterocycles. The summed E-state index contributed by atoms with van der Waals surface area (Å²) in [5, 5.41) is 0. The van der Waals surface area contributed by atoms with Gasteiger partial charge in [-0.3, -0.25) is 0 Å². The van der Waals surface area contributed by atoms with Gasteiger partial charge in [-0.05, 0) is 34.3 Å². The van der Waals surface area contributed by atoms with Crippen molar-refractivity contribution in [1.29, 1.82) is 0 Å². The average Bonchev–Trinajstić information content (AvgIpc) is 3.11. The number of hydrogen-bond acceptors (Lipinski definition) is 1. The van der Waals surface area contributed by atoms with E-state index in [9.17, 15) is 4.39 Å². The first-order valence-corrected chi connectivity index (χ1v) is 7.42. The Morgan fingerprint density at radius 3 is 2.89 bits per heavy atom. The zero-order chi connectivity index (χ0) is 12.7. The summed E-state index contributed by atoms with van der Waals surface area (Å²) in [6, 6.07) is 3.25. The van der Waals surface area contributed by atoms with Crippen LogP contribution in [0.2, 0.25) is 0 Å². The first-order valence-electron chi connectivity index (χ1n) is 6.09. The molecular weight excluding hydrogens is 319 g/mol. The van der Waals surface area contributed by atoms with Gasteiger partial charge in [-0.1, -0.05) is 12.8 Å². The number of imidazole rings is 1. The normalized spacial score (nSPS) is 15.5. The molecule has 0 bridgehead atoms. The van der Waals surface area contributed by atoms with Gasteiger partial charge in [0.15, 0.2) is 0 Å². The summed E-state index contributed by atoms with van der Waals surface area (Å²) in [7, 11) is 0. The van der Waals surface area contributed by atoms with E-state index < -0.39 is 0 Å². The molecule has 1 aliphatic rings. The van der Waals surface area contributed by atoms with Crippen molar-refractivity contribution >= 4 is 38.6 Å². The van der Waals surface area contributed by atoms with Crippen molar-refractivity contribution in [2.75, 3.05) is 0 Å². The Kier molecular flexibility index (Phi) is 3.32. The number of halogens is 3. The monoisotopic (exact) mass is 330 g/mol. The molecule has 1 aromatic carbocycles. The molecular formula is C13H13BrClFN2. The predicted molar refractivity (Wildman–Crippen MR) is 74.3 cm³/mol. The van der Waals surface area contributed by atoms with E-state index in [4.69, 9.17) is 11.6 Å². The molecule has 1 aromatic heterocycles. The Bertz CT molecular complexity index is 592. The predicted octanol–water partition coefficient (Wildman–Crippen LogP) is 4.48. The first-order chi connectivity index (χ1) is 8.69. The lowest BCUT2D eigenvalue weighted by Gasteiger charge is -2.07. The molecule has 3 rings (SSSR count). The van der Waals surface area contributed by atoms with E-state index in [1.165, 1.54) is 18.9 Å². The van der Waals surface area contributed by atoms with E-state index >= 15 is 0 Å². The van der Waals surface area contributed by atoms with Crippen LogP contribution in [0.1, 0.15) is 25.1 Å². The molecule has 0 saturated heterocycles. The molecule has 0 amide bonds. The summed E-state index contributed by atoms with van der Waals surface area (Å²) in [4.78, 5) is 4.47. The SMILES string of the molecule is Fc1cc2c(cc1Br)nc(CCl)n2CCC1CC1. The van der Waals surface area contributed by atoms with Gasteiger partial charge in [0.25, 0.3) is 0 Å². The first kappa shape index (κ1) is 12.4. The Hall–Kier alpha value is -0.610. The van der Waals surface area contributed by atoms with Crippen molar-refractivity contribution < 1.29 is 4.39 Å². The molecule has 0 unspecified atom stereocenters. The fraction of sp³-hybridized carbons (Fsp3) is 0.462. The van der Waals surface area contributed by atoms with Gasteiger partial charge < -0.3 is 4.57 Å². The van der Waals surface area contributed by atoms with Gasteiger partial charge in [0, 0.05) is 12.6 Å². The number of hydrogen-bond donors (Lipinski definition) is 0. The van der Waals surface area contributed by atoms with Crippen LogP contribution in [0.3, 0.4) is 0 Å². The van der Waals surface area contributed by atoms with E-state index in [0.29, 0.717) is 10.4 Å². The number of fused-ring (bicyclic) bond motifs is 1. The van der Waals surface area contributed by atoms with Crippen LogP contribution < -0.4 is 0 Å². The van der Waals surface area contributed by atoms with Crippen molar-refractivity contribution in [3.05, 3.63) is 28.2 Å². The van der Waals surface area contributed by atoms with Crippen molar-refractivity contribution in [3.8, 4) is 0 Å². The minimum Gasteiger partial charge on any atom is -0.327 e. The van der Waals surface area contributed by atoms with Crippen LogP contribution in [0.5, 0.6) is 0 Å². The van der Waals surface area contributed by atoms with Crippen LogP contribution >= 0.6 is 27.5 Å². The van der Waals surface area contributed by atoms with E-state index in [2.05, 4.69) is 25.5 Å². The number of alkyl halides is 1. The summed E-state index contributed by atoms with van der Waals surface area (Å²) in [6.07, 6.45) is 3.78. The van der Waals surface area contributed by atoms with Crippen LogP contribution in [-0.2, 0) is 12.4 Å². The summed E-state index contributed by atoms with van der Waals surface area (Å²) >= 11 is 9.11. The highest BCUT2D eigenvalue weighted by Crippen LogP contribution is 2.34. The Balaban J connectivity index is 2.04. The molecule has 18 heavy (non-hydrogen) atoms. The Morgan fingerprint density at radius 1 is 1.44 bits per heavy atom. The maximum Gasteiger partial charge on any atom is 0.139 e. The van der Waals surface area contributed by atoms with Crippen LogP contribution in [0, 0.1) is 11.7 Å². The van der Waals surface area contributed by atoms with Gasteiger partial charge >= 0.3 is 0 Å². The molecule has 1 saturated carbocycles. The lowest BCUT2D eigenvalue weighted by atomic mass is 10.2. The highest BCUT2D eigenvalue weighted by Gasteiger charge is 2.22. The second-order valence-electron chi connectivity index (χ2n) is 4.80. The number of rotatable bonds is 4. The molecule has 1 aliphatic carbocycles. The Labute approximate surface area is 118 Å². The van der Waals surface area contributed by atoms with E-state index in [-0.39, 0.29) is 5.82 Å². The van der Waals surface area contributed by atoms with Crippen molar-refractivity contribution in [1.82, 2.24) is 9.55 Å². The maximum atomic E-state index is 13.6. The van der Waals surface area contributed by atoms with Crippen LogP contribution in [0.15, 0.2) is 16.6 Å². The molecule has 5 heteroatoms. The van der Waals surface area contributed by atoms with Gasteiger partial charge in [-0.15, -0.1) is 11.6 Å². The second kappa shape index (κ2) is 4.82. The van der Waals surface area contributed by atoms with Gasteiger partial charge in [0.1, 0.15) is 11.6 Å². The third-order valence-corrected chi connectivity index (χ3v) is 4.29. The highest BCUT2D eigenvalue weighted by molar-refractivity contribution is 9.10. The zero-order valence-corrected chi connectivity index (χ0v) is 12.1. The van der Waals surface area contributed by atoms with Gasteiger partial charge in [0.2, 0.25) is 0 Å². The fourth-order valence-corrected chi connectivity index (χ4v) is 2.78. The topological polar surface area (TPSA) is 17.8 Å². The molecule has 1 fully saturated rings. The van der Waals surface area contributed by atoms with Crippen molar-refractivity contribution in [2.24, 2.45) is 5.92 Å². The molecule has 96 valence electrons. The van der Waals surface area contributed by atoms with Gasteiger partial charge in [-0.25, -0.2) is 9.37 Å². The quantitative estimate of drug-likeness (QED) is 0.756. The van der Waals surface area contributed by atoms with E-state index in [0.717, 1.165) is 35.7 Å². The maximum absolute atomic E-state index is 13.6. The molecule has 1 heterocycles. The Morgan fingerprint density at radius 2 is 2.22 bits per heavy atom. The molecule has 2 nitrogen and oxygen atoms in total. The molecule has 0 N–H and O–H groups in total. The molecule has 2 aromatic rings.